The first-order valence-electron chi connectivity index (χ1n) is 6.04. The van der Waals surface area contributed by atoms with Crippen LogP contribution in [0.3, 0.4) is 0 Å². The van der Waals surface area contributed by atoms with Gasteiger partial charge in [0.2, 0.25) is 5.95 Å². The molecular formula is C11H14FN3O4S. The Kier molecular flexibility index (Phi) is 4.19. The summed E-state index contributed by atoms with van der Waals surface area (Å²) in [6, 6.07) is 1.16. The molecule has 7 nitrogen and oxygen atoms in total. The molecule has 0 spiro atoms. The molecule has 1 aliphatic rings. The van der Waals surface area contributed by atoms with Gasteiger partial charge in [-0.3, -0.25) is 9.52 Å². The summed E-state index contributed by atoms with van der Waals surface area (Å²) in [7, 11) is -4.00. The third-order valence-electron chi connectivity index (χ3n) is 3.02. The zero-order valence-electron chi connectivity index (χ0n) is 10.5. The van der Waals surface area contributed by atoms with Crippen molar-refractivity contribution < 1.29 is 22.7 Å². The summed E-state index contributed by atoms with van der Waals surface area (Å²) < 4.78 is 40.2. The summed E-state index contributed by atoms with van der Waals surface area (Å²) in [6.45, 7) is 0.140. The van der Waals surface area contributed by atoms with Gasteiger partial charge in [-0.2, -0.15) is 17.1 Å². The Bertz CT molecular complexity index is 590. The highest BCUT2D eigenvalue weighted by molar-refractivity contribution is 7.90. The fourth-order valence-corrected chi connectivity index (χ4v) is 3.52. The van der Waals surface area contributed by atoms with E-state index in [1.807, 2.05) is 0 Å². The van der Waals surface area contributed by atoms with Gasteiger partial charge in [-0.15, -0.1) is 0 Å². The molecule has 1 aliphatic heterocycles. The molecule has 1 unspecified atom stereocenters. The number of rotatable bonds is 4. The summed E-state index contributed by atoms with van der Waals surface area (Å²) in [4.78, 5) is 14.4. The number of nitrogens with zero attached hydrogens (tertiary/aromatic N) is 2. The highest BCUT2D eigenvalue weighted by Crippen LogP contribution is 2.22. The molecule has 1 fully saturated rings. The molecule has 0 bridgehead atoms. The number of aliphatic carboxylic acids is 1. The zero-order chi connectivity index (χ0) is 14.8. The minimum Gasteiger partial charge on any atom is -0.480 e. The van der Waals surface area contributed by atoms with Gasteiger partial charge in [-0.25, -0.2) is 4.98 Å². The van der Waals surface area contributed by atoms with Crippen LogP contribution < -0.4 is 4.72 Å². The van der Waals surface area contributed by atoms with E-state index in [0.717, 1.165) is 16.6 Å². The van der Waals surface area contributed by atoms with Crippen molar-refractivity contribution in [3.63, 3.8) is 0 Å². The summed E-state index contributed by atoms with van der Waals surface area (Å²) in [6.07, 6.45) is 2.58. The SMILES string of the molecule is O=C(O)C1CCCCN1S(=O)(=O)Nc1ccc(F)nc1. The fraction of sp³-hybridized carbons (Fsp3) is 0.455. The normalized spacial score (nSPS) is 20.6. The van der Waals surface area contributed by atoms with Crippen molar-refractivity contribution in [3.8, 4) is 0 Å². The van der Waals surface area contributed by atoms with Gasteiger partial charge in [0, 0.05) is 6.54 Å². The van der Waals surface area contributed by atoms with E-state index in [-0.39, 0.29) is 18.7 Å². The fourth-order valence-electron chi connectivity index (χ4n) is 2.08. The number of carboxylic acids is 1. The Balaban J connectivity index is 2.20. The van der Waals surface area contributed by atoms with E-state index in [1.54, 1.807) is 0 Å². The predicted octanol–water partition coefficient (Wildman–Crippen LogP) is 0.816. The number of halogens is 1. The maximum absolute atomic E-state index is 12.7. The highest BCUT2D eigenvalue weighted by atomic mass is 32.2. The Hall–Kier alpha value is -1.74. The lowest BCUT2D eigenvalue weighted by Gasteiger charge is -2.31. The van der Waals surface area contributed by atoms with Crippen LogP contribution in [0.1, 0.15) is 19.3 Å². The average molecular weight is 303 g/mol. The zero-order valence-corrected chi connectivity index (χ0v) is 11.3. The van der Waals surface area contributed by atoms with Crippen LogP contribution in [0, 0.1) is 5.95 Å². The molecule has 0 radical (unpaired) electrons. The van der Waals surface area contributed by atoms with Crippen molar-refractivity contribution in [3.05, 3.63) is 24.3 Å². The van der Waals surface area contributed by atoms with Gasteiger partial charge in [0.05, 0.1) is 11.9 Å². The van der Waals surface area contributed by atoms with Gasteiger partial charge in [-0.1, -0.05) is 0 Å². The number of piperidine rings is 1. The Morgan fingerprint density at radius 1 is 1.45 bits per heavy atom. The molecular weight excluding hydrogens is 289 g/mol. The first-order valence-corrected chi connectivity index (χ1v) is 7.48. The molecule has 2 N–H and O–H groups in total. The maximum Gasteiger partial charge on any atom is 0.322 e. The van der Waals surface area contributed by atoms with Crippen molar-refractivity contribution in [2.24, 2.45) is 0 Å². The summed E-state index contributed by atoms with van der Waals surface area (Å²) in [5.41, 5.74) is 0.0844. The van der Waals surface area contributed by atoms with Gasteiger partial charge < -0.3 is 5.11 Å². The van der Waals surface area contributed by atoms with Crippen LogP contribution in [0.25, 0.3) is 0 Å². The number of carboxylic acid groups (broad SMARTS) is 1. The van der Waals surface area contributed by atoms with Gasteiger partial charge in [0.25, 0.3) is 0 Å². The Morgan fingerprint density at radius 3 is 2.80 bits per heavy atom. The van der Waals surface area contributed by atoms with E-state index in [0.29, 0.717) is 12.8 Å². The minimum atomic E-state index is -4.00. The molecule has 1 saturated heterocycles. The van der Waals surface area contributed by atoms with Crippen LogP contribution in [-0.2, 0) is 15.0 Å². The third-order valence-corrected chi connectivity index (χ3v) is 4.57. The smallest absolute Gasteiger partial charge is 0.322 e. The van der Waals surface area contributed by atoms with Crippen LogP contribution in [0.2, 0.25) is 0 Å². The molecule has 0 amide bonds. The summed E-state index contributed by atoms with van der Waals surface area (Å²) in [5, 5.41) is 9.08. The van der Waals surface area contributed by atoms with Crippen molar-refractivity contribution >= 4 is 21.9 Å². The van der Waals surface area contributed by atoms with Crippen molar-refractivity contribution in [2.75, 3.05) is 11.3 Å². The number of carbonyl (C=O) groups is 1. The van der Waals surface area contributed by atoms with E-state index in [1.165, 1.54) is 6.07 Å². The van der Waals surface area contributed by atoms with E-state index in [9.17, 15) is 17.6 Å². The monoisotopic (exact) mass is 303 g/mol. The molecule has 1 aromatic heterocycles. The number of hydrogen-bond donors (Lipinski definition) is 2. The minimum absolute atomic E-state index is 0.0844. The molecule has 0 aromatic carbocycles. The summed E-state index contributed by atoms with van der Waals surface area (Å²) >= 11 is 0. The number of aromatic nitrogens is 1. The van der Waals surface area contributed by atoms with Crippen molar-refractivity contribution in [2.45, 2.75) is 25.3 Å². The second-order valence-electron chi connectivity index (χ2n) is 4.44. The summed E-state index contributed by atoms with van der Waals surface area (Å²) in [5.74, 6) is -1.90. The lowest BCUT2D eigenvalue weighted by atomic mass is 10.1. The lowest BCUT2D eigenvalue weighted by Crippen LogP contribution is -2.49. The molecule has 110 valence electrons. The molecule has 20 heavy (non-hydrogen) atoms. The van der Waals surface area contributed by atoms with Gasteiger partial charge in [-0.05, 0) is 31.4 Å². The number of pyridine rings is 1. The number of nitrogens with one attached hydrogen (secondary N) is 1. The molecule has 1 aromatic rings. The first kappa shape index (κ1) is 14.7. The highest BCUT2D eigenvalue weighted by Gasteiger charge is 2.36. The molecule has 0 saturated carbocycles. The van der Waals surface area contributed by atoms with E-state index >= 15 is 0 Å². The van der Waals surface area contributed by atoms with Gasteiger partial charge >= 0.3 is 16.2 Å². The van der Waals surface area contributed by atoms with Crippen LogP contribution in [0.4, 0.5) is 10.1 Å². The second kappa shape index (κ2) is 5.71. The molecule has 2 heterocycles. The predicted molar refractivity (Wildman–Crippen MR) is 68.7 cm³/mol. The molecule has 2 rings (SSSR count). The van der Waals surface area contributed by atoms with Crippen molar-refractivity contribution in [1.82, 2.24) is 9.29 Å². The Morgan fingerprint density at radius 2 is 2.20 bits per heavy atom. The topological polar surface area (TPSA) is 99.6 Å². The Labute approximate surface area is 115 Å². The van der Waals surface area contributed by atoms with Crippen LogP contribution in [0.15, 0.2) is 18.3 Å². The standard InChI is InChI=1S/C11H14FN3O4S/c12-10-5-4-8(7-13-10)14-20(18,19)15-6-2-1-3-9(15)11(16)17/h4-5,7,9,14H,1-3,6H2,(H,16,17). The van der Waals surface area contributed by atoms with Gasteiger partial charge in [0.15, 0.2) is 0 Å². The number of hydrogen-bond acceptors (Lipinski definition) is 4. The number of anilines is 1. The lowest BCUT2D eigenvalue weighted by molar-refractivity contribution is -0.142. The first-order chi connectivity index (χ1) is 9.40. The third kappa shape index (κ3) is 3.23. The van der Waals surface area contributed by atoms with Crippen LogP contribution in [0.5, 0.6) is 0 Å². The maximum atomic E-state index is 12.7. The molecule has 1 atom stereocenters. The largest absolute Gasteiger partial charge is 0.480 e. The van der Waals surface area contributed by atoms with Crippen molar-refractivity contribution in [1.29, 1.82) is 0 Å². The van der Waals surface area contributed by atoms with E-state index in [2.05, 4.69) is 9.71 Å². The molecule has 0 aliphatic carbocycles. The average Bonchev–Trinajstić information content (AvgIpc) is 2.41. The quantitative estimate of drug-likeness (QED) is 0.802. The van der Waals surface area contributed by atoms with E-state index in [4.69, 9.17) is 5.11 Å². The van der Waals surface area contributed by atoms with Crippen LogP contribution >= 0.6 is 0 Å². The van der Waals surface area contributed by atoms with Crippen LogP contribution in [-0.4, -0.2) is 41.4 Å². The second-order valence-corrected chi connectivity index (χ2v) is 6.06. The van der Waals surface area contributed by atoms with Gasteiger partial charge in [0.1, 0.15) is 6.04 Å². The molecule has 9 heteroatoms. The van der Waals surface area contributed by atoms with E-state index < -0.39 is 28.2 Å².